The topological polar surface area (TPSA) is 70.6 Å². The lowest BCUT2D eigenvalue weighted by Crippen LogP contribution is -2.43. The summed E-state index contributed by atoms with van der Waals surface area (Å²) in [6.07, 6.45) is 3.22. The quantitative estimate of drug-likeness (QED) is 0.481. The van der Waals surface area contributed by atoms with Crippen LogP contribution in [0.25, 0.3) is 0 Å². The van der Waals surface area contributed by atoms with Gasteiger partial charge < -0.3 is 4.90 Å². The maximum Gasteiger partial charge on any atom is 0.241 e. The lowest BCUT2D eigenvalue weighted by Gasteiger charge is -2.31. The molecule has 6 nitrogen and oxygen atoms in total. The Labute approximate surface area is 200 Å². The molecule has 0 unspecified atom stereocenters. The Hall–Kier alpha value is -3.80. The molecule has 1 aliphatic heterocycles. The van der Waals surface area contributed by atoms with E-state index in [4.69, 9.17) is 0 Å². The number of aryl methyl sites for hydroxylation is 1. The second-order valence-corrected chi connectivity index (χ2v) is 8.78. The molecule has 0 bridgehead atoms. The first-order valence-corrected chi connectivity index (χ1v) is 11.6. The predicted molar refractivity (Wildman–Crippen MR) is 129 cm³/mol. The smallest absolute Gasteiger partial charge is 0.241 e. The number of pyridine rings is 1. The summed E-state index contributed by atoms with van der Waals surface area (Å²) < 4.78 is 0. The van der Waals surface area contributed by atoms with Crippen LogP contribution in [0.3, 0.4) is 0 Å². The second kappa shape index (κ2) is 10.00. The van der Waals surface area contributed by atoms with Crippen molar-refractivity contribution in [2.45, 2.75) is 45.2 Å². The van der Waals surface area contributed by atoms with Crippen molar-refractivity contribution < 1.29 is 14.4 Å². The van der Waals surface area contributed by atoms with E-state index in [1.54, 1.807) is 29.4 Å². The Morgan fingerprint density at radius 2 is 1.65 bits per heavy atom. The zero-order chi connectivity index (χ0) is 24.1. The largest absolute Gasteiger partial charge is 0.339 e. The number of carbonyl (C=O) groups is 3. The Balaban J connectivity index is 1.67. The SMILES string of the molecule is CCN(Cc1ccccc1)C(=O)C[C@@]1(c2ccccc2C)CC(=O)N(Cc2ccncc2)C1=O. The maximum atomic E-state index is 13.9. The monoisotopic (exact) mass is 455 g/mol. The van der Waals surface area contributed by atoms with Crippen molar-refractivity contribution >= 4 is 17.7 Å². The number of hydrogen-bond acceptors (Lipinski definition) is 4. The molecule has 2 heterocycles. The molecule has 3 amide bonds. The van der Waals surface area contributed by atoms with E-state index in [1.165, 1.54) is 4.90 Å². The van der Waals surface area contributed by atoms with Crippen molar-refractivity contribution in [3.8, 4) is 0 Å². The van der Waals surface area contributed by atoms with Crippen LogP contribution in [0.5, 0.6) is 0 Å². The van der Waals surface area contributed by atoms with Crippen molar-refractivity contribution in [2.24, 2.45) is 0 Å². The van der Waals surface area contributed by atoms with Gasteiger partial charge in [-0.15, -0.1) is 0 Å². The highest BCUT2D eigenvalue weighted by molar-refractivity contribution is 6.10. The molecule has 174 valence electrons. The summed E-state index contributed by atoms with van der Waals surface area (Å²) in [7, 11) is 0. The average molecular weight is 456 g/mol. The first-order valence-electron chi connectivity index (χ1n) is 11.6. The molecular weight excluding hydrogens is 426 g/mol. The first-order chi connectivity index (χ1) is 16.4. The van der Waals surface area contributed by atoms with Crippen LogP contribution in [0.15, 0.2) is 79.1 Å². The van der Waals surface area contributed by atoms with Crippen LogP contribution >= 0.6 is 0 Å². The standard InChI is InChI=1S/C28H29N3O3/c1-3-30(19-22-10-5-4-6-11-22)25(32)17-28(24-12-8-7-9-21(24)2)18-26(33)31(27(28)34)20-23-13-15-29-16-14-23/h4-16H,3,17-20H2,1-2H3/t28-/m0/s1. The van der Waals surface area contributed by atoms with Crippen molar-refractivity contribution in [3.05, 3.63) is 101 Å². The molecule has 0 N–H and O–H groups in total. The highest BCUT2D eigenvalue weighted by Crippen LogP contribution is 2.42. The fraction of sp³-hybridized carbons (Fsp3) is 0.286. The summed E-state index contributed by atoms with van der Waals surface area (Å²) >= 11 is 0. The van der Waals surface area contributed by atoms with Gasteiger partial charge in [0.25, 0.3) is 0 Å². The molecule has 1 atom stereocenters. The molecule has 34 heavy (non-hydrogen) atoms. The van der Waals surface area contributed by atoms with E-state index < -0.39 is 5.41 Å². The number of hydrogen-bond donors (Lipinski definition) is 0. The van der Waals surface area contributed by atoms with Gasteiger partial charge in [-0.2, -0.15) is 0 Å². The average Bonchev–Trinajstić information content (AvgIpc) is 3.08. The predicted octanol–water partition coefficient (Wildman–Crippen LogP) is 4.03. The number of amides is 3. The molecule has 0 radical (unpaired) electrons. The summed E-state index contributed by atoms with van der Waals surface area (Å²) in [5.74, 6) is -0.710. The highest BCUT2D eigenvalue weighted by atomic mass is 16.2. The minimum Gasteiger partial charge on any atom is -0.339 e. The maximum absolute atomic E-state index is 13.9. The Morgan fingerprint density at radius 1 is 0.971 bits per heavy atom. The number of benzene rings is 2. The number of rotatable bonds is 8. The van der Waals surface area contributed by atoms with Gasteiger partial charge in [-0.1, -0.05) is 54.6 Å². The van der Waals surface area contributed by atoms with Crippen LogP contribution < -0.4 is 0 Å². The highest BCUT2D eigenvalue weighted by Gasteiger charge is 2.54. The van der Waals surface area contributed by atoms with Gasteiger partial charge in [0, 0.05) is 38.3 Å². The van der Waals surface area contributed by atoms with Gasteiger partial charge in [0.1, 0.15) is 0 Å². The number of carbonyl (C=O) groups excluding carboxylic acids is 3. The summed E-state index contributed by atoms with van der Waals surface area (Å²) in [6.45, 7) is 5.00. The molecular formula is C28H29N3O3. The number of aromatic nitrogens is 1. The minimum absolute atomic E-state index is 0.0175. The fourth-order valence-corrected chi connectivity index (χ4v) is 4.74. The van der Waals surface area contributed by atoms with Crippen LogP contribution in [0, 0.1) is 6.92 Å². The Bertz CT molecular complexity index is 1180. The van der Waals surface area contributed by atoms with Crippen LogP contribution in [0.4, 0.5) is 0 Å². The molecule has 1 fully saturated rings. The van der Waals surface area contributed by atoms with E-state index in [1.807, 2.05) is 68.4 Å². The summed E-state index contributed by atoms with van der Waals surface area (Å²) in [5, 5.41) is 0. The Morgan fingerprint density at radius 3 is 2.32 bits per heavy atom. The van der Waals surface area contributed by atoms with E-state index in [-0.39, 0.29) is 37.1 Å². The van der Waals surface area contributed by atoms with Crippen molar-refractivity contribution in [1.82, 2.24) is 14.8 Å². The van der Waals surface area contributed by atoms with Crippen LogP contribution in [0.2, 0.25) is 0 Å². The number of likely N-dealkylation sites (tertiary alicyclic amines) is 1. The first kappa shape index (κ1) is 23.4. The van der Waals surface area contributed by atoms with Gasteiger partial charge >= 0.3 is 0 Å². The molecule has 1 saturated heterocycles. The normalized spacial score (nSPS) is 17.8. The van der Waals surface area contributed by atoms with E-state index in [2.05, 4.69) is 4.98 Å². The summed E-state index contributed by atoms with van der Waals surface area (Å²) in [4.78, 5) is 47.7. The molecule has 2 aromatic carbocycles. The second-order valence-electron chi connectivity index (χ2n) is 8.78. The van der Waals surface area contributed by atoms with Gasteiger partial charge in [-0.05, 0) is 48.2 Å². The van der Waals surface area contributed by atoms with E-state index in [0.29, 0.717) is 13.1 Å². The molecule has 0 aliphatic carbocycles. The lowest BCUT2D eigenvalue weighted by molar-refractivity contribution is -0.143. The van der Waals surface area contributed by atoms with Gasteiger partial charge in [-0.25, -0.2) is 0 Å². The molecule has 0 saturated carbocycles. The van der Waals surface area contributed by atoms with E-state index in [0.717, 1.165) is 22.3 Å². The van der Waals surface area contributed by atoms with Gasteiger partial charge in [-0.3, -0.25) is 24.3 Å². The van der Waals surface area contributed by atoms with Crippen LogP contribution in [0.1, 0.15) is 42.0 Å². The third-order valence-electron chi connectivity index (χ3n) is 6.56. The zero-order valence-corrected chi connectivity index (χ0v) is 19.6. The molecule has 3 aromatic rings. The van der Waals surface area contributed by atoms with Gasteiger partial charge in [0.05, 0.1) is 12.0 Å². The van der Waals surface area contributed by atoms with E-state index >= 15 is 0 Å². The molecule has 6 heteroatoms. The minimum atomic E-state index is -1.21. The summed E-state index contributed by atoms with van der Waals surface area (Å²) in [5.41, 5.74) is 2.28. The zero-order valence-electron chi connectivity index (χ0n) is 19.6. The summed E-state index contributed by atoms with van der Waals surface area (Å²) in [6, 6.07) is 20.9. The lowest BCUT2D eigenvalue weighted by atomic mass is 9.74. The number of imide groups is 1. The number of nitrogens with zero attached hydrogens (tertiary/aromatic N) is 3. The third-order valence-corrected chi connectivity index (χ3v) is 6.56. The van der Waals surface area contributed by atoms with E-state index in [9.17, 15) is 14.4 Å². The molecule has 1 aromatic heterocycles. The molecule has 0 spiro atoms. The van der Waals surface area contributed by atoms with Crippen LogP contribution in [-0.2, 0) is 32.9 Å². The third kappa shape index (κ3) is 4.62. The fourth-order valence-electron chi connectivity index (χ4n) is 4.74. The Kier molecular flexibility index (Phi) is 6.87. The van der Waals surface area contributed by atoms with Crippen molar-refractivity contribution in [2.75, 3.05) is 6.54 Å². The molecule has 4 rings (SSSR count). The van der Waals surface area contributed by atoms with Gasteiger partial charge in [0.2, 0.25) is 17.7 Å². The van der Waals surface area contributed by atoms with Crippen molar-refractivity contribution in [1.29, 1.82) is 0 Å². The molecule has 1 aliphatic rings. The van der Waals surface area contributed by atoms with Crippen LogP contribution in [-0.4, -0.2) is 39.1 Å². The van der Waals surface area contributed by atoms with Crippen molar-refractivity contribution in [3.63, 3.8) is 0 Å². The van der Waals surface area contributed by atoms with Gasteiger partial charge in [0.15, 0.2) is 0 Å².